The Hall–Kier alpha value is -4.24. The number of benzene rings is 3. The van der Waals surface area contributed by atoms with E-state index in [1.807, 2.05) is 44.2 Å². The lowest BCUT2D eigenvalue weighted by Crippen LogP contribution is -2.59. The van der Waals surface area contributed by atoms with Gasteiger partial charge in [0.2, 0.25) is 11.8 Å². The lowest BCUT2D eigenvalue weighted by Gasteiger charge is -2.38. The molecule has 14 heteroatoms. The van der Waals surface area contributed by atoms with E-state index in [4.69, 9.17) is 0 Å². The number of rotatable bonds is 17. The molecule has 0 aliphatic heterocycles. The number of halogens is 2. The number of nitro benzene ring substituents is 1. The van der Waals surface area contributed by atoms with Gasteiger partial charge in [0.1, 0.15) is 17.7 Å². The van der Waals surface area contributed by atoms with Gasteiger partial charge in [-0.2, -0.15) is 0 Å². The lowest BCUT2D eigenvalue weighted by atomic mass is 9.85. The first-order valence-electron chi connectivity index (χ1n) is 17.8. The summed E-state index contributed by atoms with van der Waals surface area (Å²) >= 11 is 0. The predicted octanol–water partition coefficient (Wildman–Crippen LogP) is 5.15. The number of aliphatic hydroxyl groups is 1. The van der Waals surface area contributed by atoms with Gasteiger partial charge in [-0.15, -0.1) is 0 Å². The average Bonchev–Trinajstić information content (AvgIpc) is 3.05. The van der Waals surface area contributed by atoms with Gasteiger partial charge in [0, 0.05) is 42.7 Å². The Morgan fingerprint density at radius 2 is 1.60 bits per heavy atom. The zero-order valence-corrected chi connectivity index (χ0v) is 31.8. The van der Waals surface area contributed by atoms with Crippen LogP contribution in [0.15, 0.2) is 77.7 Å². The van der Waals surface area contributed by atoms with Crippen LogP contribution >= 0.6 is 0 Å². The number of carbonyl (C=O) groups excluding carboxylic acids is 2. The fourth-order valence-corrected chi connectivity index (χ4v) is 9.48. The third kappa shape index (κ3) is 11.4. The smallest absolute Gasteiger partial charge is 0.270 e. The number of non-ortho nitro benzene ring substituents is 1. The van der Waals surface area contributed by atoms with Gasteiger partial charge in [0.25, 0.3) is 5.69 Å². The van der Waals surface area contributed by atoms with Gasteiger partial charge in [-0.05, 0) is 66.3 Å². The van der Waals surface area contributed by atoms with Crippen LogP contribution in [0, 0.1) is 33.1 Å². The zero-order chi connectivity index (χ0) is 38.9. The van der Waals surface area contributed by atoms with Crippen molar-refractivity contribution in [1.29, 1.82) is 0 Å². The summed E-state index contributed by atoms with van der Waals surface area (Å²) in [5, 5.41) is 32.3. The molecular weight excluding hydrogens is 705 g/mol. The second kappa shape index (κ2) is 18.2. The van der Waals surface area contributed by atoms with Gasteiger partial charge in [-0.3, -0.25) is 19.7 Å². The van der Waals surface area contributed by atoms with Crippen molar-refractivity contribution in [2.75, 3.05) is 19.6 Å². The van der Waals surface area contributed by atoms with Gasteiger partial charge in [-0.25, -0.2) is 17.3 Å². The number of carbonyl (C=O) groups is 2. The van der Waals surface area contributed by atoms with E-state index < -0.39 is 61.7 Å². The SMILES string of the molecule is CC(C)CN(CC(O)C(Cc1ccccc1)NC(=O)[C@@H](NC(=O)CNCc1cc(F)cc(F)c1)C(C)(C)C)S(=O)(=C1CCC1)c1cccc([N+](=O)[O-])c1. The summed E-state index contributed by atoms with van der Waals surface area (Å²) in [6, 6.07) is 16.3. The van der Waals surface area contributed by atoms with Crippen molar-refractivity contribution in [2.24, 2.45) is 11.3 Å². The molecule has 1 aliphatic rings. The molecule has 0 radical (unpaired) electrons. The van der Waals surface area contributed by atoms with Gasteiger partial charge in [0.15, 0.2) is 0 Å². The standard InChI is InChI=1S/C39H51F2N5O6S/c1-26(2)24-45(53(52,32-14-10-15-32)33-16-9-13-31(21-33)46(50)51)25-35(47)34(19-27-11-7-6-8-12-27)43-38(49)37(39(3,4)5)44-36(48)23-42-22-28-17-29(40)20-30(41)18-28/h6-9,11-13,16-18,20-21,26,34-35,37,42,47H,10,14-15,19,22-25H2,1-5H3,(H,43,49)(H,44,48)/t34?,35?,37-,53?/m1/s1. The summed E-state index contributed by atoms with van der Waals surface area (Å²) in [5.74, 6) is -2.51. The summed E-state index contributed by atoms with van der Waals surface area (Å²) in [6.07, 6.45) is 0.996. The maximum atomic E-state index is 15.3. The molecule has 0 spiro atoms. The molecule has 1 aliphatic carbocycles. The molecule has 0 aromatic heterocycles. The van der Waals surface area contributed by atoms with E-state index >= 15 is 4.21 Å². The molecule has 2 amide bonds. The Balaban J connectivity index is 1.60. The third-order valence-electron chi connectivity index (χ3n) is 9.03. The van der Waals surface area contributed by atoms with E-state index in [-0.39, 0.29) is 37.7 Å². The predicted molar refractivity (Wildman–Crippen MR) is 202 cm³/mol. The highest BCUT2D eigenvalue weighted by atomic mass is 32.2. The Morgan fingerprint density at radius 3 is 2.17 bits per heavy atom. The van der Waals surface area contributed by atoms with Gasteiger partial charge in [0.05, 0.1) is 38.2 Å². The first-order chi connectivity index (χ1) is 25.0. The van der Waals surface area contributed by atoms with Crippen molar-refractivity contribution < 1.29 is 32.6 Å². The normalized spacial score (nSPS) is 16.0. The topological polar surface area (TPSA) is 154 Å². The van der Waals surface area contributed by atoms with E-state index in [0.29, 0.717) is 29.8 Å². The van der Waals surface area contributed by atoms with Crippen molar-refractivity contribution >= 4 is 32.1 Å². The van der Waals surface area contributed by atoms with E-state index in [9.17, 15) is 33.6 Å². The lowest BCUT2D eigenvalue weighted by molar-refractivity contribution is -0.385. The minimum Gasteiger partial charge on any atom is -0.390 e. The first-order valence-corrected chi connectivity index (χ1v) is 19.3. The van der Waals surface area contributed by atoms with Crippen LogP contribution < -0.4 is 16.0 Å². The van der Waals surface area contributed by atoms with Gasteiger partial charge in [-0.1, -0.05) is 71.0 Å². The number of nitro groups is 1. The Labute approximate surface area is 310 Å². The molecule has 4 N–H and O–H groups in total. The number of aliphatic hydroxyl groups excluding tert-OH is 1. The quantitative estimate of drug-likeness (QED) is 0.0844. The van der Waals surface area contributed by atoms with E-state index in [2.05, 4.69) is 16.0 Å². The first kappa shape index (κ1) is 41.5. The second-order valence-corrected chi connectivity index (χ2v) is 17.7. The highest BCUT2D eigenvalue weighted by Crippen LogP contribution is 2.30. The molecule has 4 atom stereocenters. The average molecular weight is 756 g/mol. The largest absolute Gasteiger partial charge is 0.390 e. The van der Waals surface area contributed by atoms with Crippen LogP contribution in [0.2, 0.25) is 0 Å². The van der Waals surface area contributed by atoms with Crippen LogP contribution in [0.1, 0.15) is 65.0 Å². The van der Waals surface area contributed by atoms with Crippen molar-refractivity contribution in [2.45, 2.75) is 89.9 Å². The van der Waals surface area contributed by atoms with Crippen LogP contribution in [0.4, 0.5) is 14.5 Å². The minimum atomic E-state index is -3.15. The fraction of sp³-hybridized carbons (Fsp3) is 0.462. The number of hydrogen-bond donors (Lipinski definition) is 4. The Morgan fingerprint density at radius 1 is 0.943 bits per heavy atom. The molecule has 4 rings (SSSR count). The molecule has 1 saturated carbocycles. The monoisotopic (exact) mass is 755 g/mol. The molecule has 3 unspecified atom stereocenters. The van der Waals surface area contributed by atoms with Crippen molar-refractivity contribution in [3.05, 3.63) is 106 Å². The molecule has 53 heavy (non-hydrogen) atoms. The fourth-order valence-electron chi connectivity index (χ4n) is 6.23. The molecule has 0 bridgehead atoms. The van der Waals surface area contributed by atoms with E-state index in [1.54, 1.807) is 31.1 Å². The van der Waals surface area contributed by atoms with Crippen molar-refractivity contribution in [3.63, 3.8) is 0 Å². The van der Waals surface area contributed by atoms with Crippen LogP contribution in [0.25, 0.3) is 0 Å². The molecule has 1 fully saturated rings. The number of amides is 2. The molecule has 0 saturated heterocycles. The molecule has 3 aromatic rings. The molecule has 3 aromatic carbocycles. The number of hydrogen-bond acceptors (Lipinski definition) is 7. The van der Waals surface area contributed by atoms with Gasteiger partial charge < -0.3 is 21.1 Å². The Kier molecular flexibility index (Phi) is 14.3. The molecular formula is C39H51F2N5O6S. The van der Waals surface area contributed by atoms with E-state index in [0.717, 1.165) is 35.0 Å². The highest BCUT2D eigenvalue weighted by Gasteiger charge is 2.37. The van der Waals surface area contributed by atoms with Crippen LogP contribution in [0.3, 0.4) is 0 Å². The summed E-state index contributed by atoms with van der Waals surface area (Å²) in [6.45, 7) is 9.27. The van der Waals surface area contributed by atoms with Crippen molar-refractivity contribution in [3.8, 4) is 0 Å². The minimum absolute atomic E-state index is 0.0126. The van der Waals surface area contributed by atoms with Crippen molar-refractivity contribution in [1.82, 2.24) is 20.3 Å². The maximum Gasteiger partial charge on any atom is 0.270 e. The number of nitrogens with one attached hydrogen (secondary N) is 3. The molecule has 0 heterocycles. The third-order valence-corrected chi connectivity index (χ3v) is 12.1. The summed E-state index contributed by atoms with van der Waals surface area (Å²) in [5.41, 5.74) is 0.195. The van der Waals surface area contributed by atoms with E-state index in [1.165, 1.54) is 18.2 Å². The number of nitrogens with zero attached hydrogens (tertiary/aromatic N) is 2. The second-order valence-electron chi connectivity index (χ2n) is 15.0. The van der Waals surface area contributed by atoms with Crippen LogP contribution in [-0.2, 0) is 32.3 Å². The van der Waals surface area contributed by atoms with Crippen LogP contribution in [0.5, 0.6) is 0 Å². The summed E-state index contributed by atoms with van der Waals surface area (Å²) < 4.78 is 44.2. The summed E-state index contributed by atoms with van der Waals surface area (Å²) in [7, 11) is -3.15. The van der Waals surface area contributed by atoms with Crippen LogP contribution in [-0.4, -0.2) is 73.0 Å². The molecule has 288 valence electrons. The molecule has 11 nitrogen and oxygen atoms in total. The maximum absolute atomic E-state index is 15.3. The Bertz CT molecular complexity index is 1850. The zero-order valence-electron chi connectivity index (χ0n) is 30.9. The highest BCUT2D eigenvalue weighted by molar-refractivity contribution is 8.00. The van der Waals surface area contributed by atoms with Gasteiger partial charge >= 0.3 is 0 Å². The summed E-state index contributed by atoms with van der Waals surface area (Å²) in [4.78, 5) is 39.4.